The molecule has 3 nitrogen and oxygen atoms in total. The standard InChI is InChI=1S/C21H25NO2/c1-3-24-20(23)19-15-22(14-17-10-6-4-7-11-17)16-21(19,2)18-12-8-5-9-13-18/h4-13,19H,3,14-16H2,1-2H3. The summed E-state index contributed by atoms with van der Waals surface area (Å²) in [5.41, 5.74) is 2.26. The average molecular weight is 323 g/mol. The summed E-state index contributed by atoms with van der Waals surface area (Å²) in [5, 5.41) is 0. The zero-order chi connectivity index (χ0) is 17.0. The van der Waals surface area contributed by atoms with E-state index in [9.17, 15) is 4.79 Å². The molecule has 0 radical (unpaired) electrons. The van der Waals surface area contributed by atoms with Crippen molar-refractivity contribution < 1.29 is 9.53 Å². The molecule has 0 amide bonds. The maximum absolute atomic E-state index is 12.6. The second kappa shape index (κ2) is 7.18. The number of carbonyl (C=O) groups excluding carboxylic acids is 1. The quantitative estimate of drug-likeness (QED) is 0.787. The lowest BCUT2D eigenvalue weighted by Crippen LogP contribution is -2.37. The van der Waals surface area contributed by atoms with E-state index in [1.54, 1.807) is 0 Å². The van der Waals surface area contributed by atoms with Crippen molar-refractivity contribution in [1.29, 1.82) is 0 Å². The molecular formula is C21H25NO2. The van der Waals surface area contributed by atoms with Crippen molar-refractivity contribution in [2.24, 2.45) is 5.92 Å². The highest BCUT2D eigenvalue weighted by Gasteiger charge is 2.48. The number of hydrogen-bond acceptors (Lipinski definition) is 3. The Morgan fingerprint density at radius 1 is 1.12 bits per heavy atom. The third-order valence-electron chi connectivity index (χ3n) is 5.02. The third kappa shape index (κ3) is 3.36. The van der Waals surface area contributed by atoms with Gasteiger partial charge in [-0.15, -0.1) is 0 Å². The third-order valence-corrected chi connectivity index (χ3v) is 5.02. The lowest BCUT2D eigenvalue weighted by molar-refractivity contribution is -0.149. The van der Waals surface area contributed by atoms with Crippen LogP contribution in [-0.4, -0.2) is 30.6 Å². The van der Waals surface area contributed by atoms with Gasteiger partial charge in [0.05, 0.1) is 12.5 Å². The number of likely N-dealkylation sites (tertiary alicyclic amines) is 1. The van der Waals surface area contributed by atoms with Crippen molar-refractivity contribution in [3.63, 3.8) is 0 Å². The molecule has 0 spiro atoms. The fourth-order valence-corrected chi connectivity index (χ4v) is 3.75. The maximum atomic E-state index is 12.6. The lowest BCUT2D eigenvalue weighted by Gasteiger charge is -2.30. The largest absolute Gasteiger partial charge is 0.466 e. The molecular weight excluding hydrogens is 298 g/mol. The minimum absolute atomic E-state index is 0.0839. The van der Waals surface area contributed by atoms with Gasteiger partial charge in [0.25, 0.3) is 0 Å². The molecule has 24 heavy (non-hydrogen) atoms. The van der Waals surface area contributed by atoms with Gasteiger partial charge in [0.2, 0.25) is 0 Å². The minimum Gasteiger partial charge on any atom is -0.466 e. The predicted octanol–water partition coefficient (Wildman–Crippen LogP) is 3.64. The van der Waals surface area contributed by atoms with Crippen LogP contribution in [0.5, 0.6) is 0 Å². The normalized spacial score (nSPS) is 24.0. The summed E-state index contributed by atoms with van der Waals surface area (Å²) in [5.74, 6) is -0.219. The predicted molar refractivity (Wildman–Crippen MR) is 95.6 cm³/mol. The molecule has 0 aromatic heterocycles. The van der Waals surface area contributed by atoms with Gasteiger partial charge in [0.1, 0.15) is 0 Å². The summed E-state index contributed by atoms with van der Waals surface area (Å²) in [6.45, 7) is 6.94. The second-order valence-corrected chi connectivity index (χ2v) is 6.74. The van der Waals surface area contributed by atoms with Crippen LogP contribution in [0.2, 0.25) is 0 Å². The Morgan fingerprint density at radius 3 is 2.38 bits per heavy atom. The number of rotatable bonds is 5. The van der Waals surface area contributed by atoms with E-state index in [4.69, 9.17) is 4.74 Å². The van der Waals surface area contributed by atoms with Gasteiger partial charge in [-0.1, -0.05) is 67.6 Å². The summed E-state index contributed by atoms with van der Waals surface area (Å²) < 4.78 is 5.38. The molecule has 0 aliphatic carbocycles. The van der Waals surface area contributed by atoms with Crippen LogP contribution in [0, 0.1) is 5.92 Å². The zero-order valence-electron chi connectivity index (χ0n) is 14.4. The Balaban J connectivity index is 1.86. The first-order chi connectivity index (χ1) is 11.6. The van der Waals surface area contributed by atoms with E-state index < -0.39 is 0 Å². The number of hydrogen-bond donors (Lipinski definition) is 0. The molecule has 1 saturated heterocycles. The van der Waals surface area contributed by atoms with Gasteiger partial charge in [-0.05, 0) is 18.1 Å². The number of benzene rings is 2. The van der Waals surface area contributed by atoms with Gasteiger partial charge in [-0.2, -0.15) is 0 Å². The number of carbonyl (C=O) groups is 1. The van der Waals surface area contributed by atoms with Crippen molar-refractivity contribution in [1.82, 2.24) is 4.90 Å². The van der Waals surface area contributed by atoms with E-state index in [1.165, 1.54) is 11.1 Å². The fourth-order valence-electron chi connectivity index (χ4n) is 3.75. The van der Waals surface area contributed by atoms with Crippen LogP contribution in [-0.2, 0) is 21.5 Å². The molecule has 2 aromatic carbocycles. The van der Waals surface area contributed by atoms with Crippen LogP contribution < -0.4 is 0 Å². The molecule has 1 fully saturated rings. The number of esters is 1. The molecule has 0 bridgehead atoms. The van der Waals surface area contributed by atoms with Crippen molar-refractivity contribution >= 4 is 5.97 Å². The maximum Gasteiger partial charge on any atom is 0.311 e. The summed E-state index contributed by atoms with van der Waals surface area (Å²) in [7, 11) is 0. The van der Waals surface area contributed by atoms with Crippen molar-refractivity contribution in [2.45, 2.75) is 25.8 Å². The molecule has 1 aliphatic heterocycles. The fraction of sp³-hybridized carbons (Fsp3) is 0.381. The van der Waals surface area contributed by atoms with Crippen LogP contribution in [0.4, 0.5) is 0 Å². The minimum atomic E-state index is -0.220. The van der Waals surface area contributed by atoms with Gasteiger partial charge in [-0.25, -0.2) is 0 Å². The molecule has 3 heteroatoms. The molecule has 2 aromatic rings. The first kappa shape index (κ1) is 16.7. The Morgan fingerprint density at radius 2 is 1.75 bits per heavy atom. The van der Waals surface area contributed by atoms with Gasteiger partial charge in [-0.3, -0.25) is 9.69 Å². The number of nitrogens with zero attached hydrogens (tertiary/aromatic N) is 1. The van der Waals surface area contributed by atoms with Crippen LogP contribution in [0.25, 0.3) is 0 Å². The van der Waals surface area contributed by atoms with Crippen molar-refractivity contribution in [3.8, 4) is 0 Å². The van der Waals surface area contributed by atoms with Crippen LogP contribution in [0.3, 0.4) is 0 Å². The van der Waals surface area contributed by atoms with E-state index in [2.05, 4.69) is 48.2 Å². The molecule has 2 atom stereocenters. The molecule has 1 aliphatic rings. The van der Waals surface area contributed by atoms with Crippen molar-refractivity contribution in [2.75, 3.05) is 19.7 Å². The van der Waals surface area contributed by atoms with Crippen molar-refractivity contribution in [3.05, 3.63) is 71.8 Å². The lowest BCUT2D eigenvalue weighted by atomic mass is 9.74. The molecule has 0 saturated carbocycles. The zero-order valence-corrected chi connectivity index (χ0v) is 14.4. The Bertz CT molecular complexity index is 671. The summed E-state index contributed by atoms with van der Waals surface area (Å²) in [4.78, 5) is 14.9. The van der Waals surface area contributed by atoms with E-state index >= 15 is 0 Å². The van der Waals surface area contributed by atoms with Gasteiger partial charge < -0.3 is 4.74 Å². The summed E-state index contributed by atoms with van der Waals surface area (Å²) in [6, 6.07) is 20.8. The number of ether oxygens (including phenoxy) is 1. The van der Waals surface area contributed by atoms with Gasteiger partial charge in [0.15, 0.2) is 0 Å². The average Bonchev–Trinajstić information content (AvgIpc) is 2.94. The van der Waals surface area contributed by atoms with Gasteiger partial charge >= 0.3 is 5.97 Å². The van der Waals surface area contributed by atoms with Crippen LogP contribution in [0.15, 0.2) is 60.7 Å². The first-order valence-corrected chi connectivity index (χ1v) is 8.62. The molecule has 0 N–H and O–H groups in total. The summed E-state index contributed by atoms with van der Waals surface area (Å²) >= 11 is 0. The molecule has 2 unspecified atom stereocenters. The smallest absolute Gasteiger partial charge is 0.311 e. The van der Waals surface area contributed by atoms with E-state index in [1.807, 2.05) is 31.2 Å². The monoisotopic (exact) mass is 323 g/mol. The molecule has 126 valence electrons. The first-order valence-electron chi connectivity index (χ1n) is 8.62. The Hall–Kier alpha value is -2.13. The topological polar surface area (TPSA) is 29.5 Å². The highest BCUT2D eigenvalue weighted by molar-refractivity contribution is 5.75. The SMILES string of the molecule is CCOC(=O)C1CN(Cc2ccccc2)CC1(C)c1ccccc1. The Kier molecular flexibility index (Phi) is 5.00. The molecule has 1 heterocycles. The summed E-state index contributed by atoms with van der Waals surface area (Å²) in [6.07, 6.45) is 0. The van der Waals surface area contributed by atoms with Gasteiger partial charge in [0, 0.05) is 25.0 Å². The van der Waals surface area contributed by atoms with E-state index in [-0.39, 0.29) is 17.3 Å². The highest BCUT2D eigenvalue weighted by Crippen LogP contribution is 2.40. The molecule has 3 rings (SSSR count). The highest BCUT2D eigenvalue weighted by atomic mass is 16.5. The van der Waals surface area contributed by atoms with E-state index in [0.29, 0.717) is 6.61 Å². The second-order valence-electron chi connectivity index (χ2n) is 6.74. The van der Waals surface area contributed by atoms with E-state index in [0.717, 1.165) is 19.6 Å². The Labute approximate surface area is 144 Å². The van der Waals surface area contributed by atoms with Crippen LogP contribution >= 0.6 is 0 Å². The van der Waals surface area contributed by atoms with Crippen LogP contribution in [0.1, 0.15) is 25.0 Å².